The molecule has 12 aromatic rings. The van der Waals surface area contributed by atoms with E-state index in [0.29, 0.717) is 30.5 Å². The summed E-state index contributed by atoms with van der Waals surface area (Å²) in [6, 6.07) is 54.1. The van der Waals surface area contributed by atoms with E-state index in [2.05, 4.69) is 92.4 Å². The maximum Gasteiger partial charge on any atom is 0.356 e. The second-order valence-electron chi connectivity index (χ2n) is 25.0. The number of H-pyrrole nitrogens is 4. The van der Waals surface area contributed by atoms with Crippen molar-refractivity contribution in [1.82, 2.24) is 40.0 Å². The minimum atomic E-state index is -1.67. The maximum absolute atomic E-state index is 12.2. The van der Waals surface area contributed by atoms with Crippen LogP contribution in [0.3, 0.4) is 0 Å². The minimum absolute atomic E-state index is 0.105. The quantitative estimate of drug-likeness (QED) is 0.0217. The Kier molecular flexibility index (Phi) is 33.1. The van der Waals surface area contributed by atoms with Crippen LogP contribution in [0.5, 0.6) is 17.2 Å². The lowest BCUT2D eigenvalue weighted by molar-refractivity contribution is -0.143. The molecule has 576 valence electrons. The molecule has 3 aliphatic rings. The Morgan fingerprint density at radius 1 is 0.587 bits per heavy atom. The normalized spacial score (nSPS) is 15.0. The number of ether oxygens (including phenoxy) is 8. The number of benzene rings is 7. The van der Waals surface area contributed by atoms with Gasteiger partial charge in [-0.3, -0.25) is 24.5 Å². The molecular formula is C81H92Cl2N10O15S. The van der Waals surface area contributed by atoms with Crippen LogP contribution in [0.25, 0.3) is 65.8 Å². The Bertz CT molecular complexity index is 4890. The third-order valence-electron chi connectivity index (χ3n) is 17.9. The average Bonchev–Trinajstić information content (AvgIpc) is 1.63. The number of para-hydroxylation sites is 4. The third kappa shape index (κ3) is 24.3. The number of nitrogens with two attached hydrogens (primary N) is 2. The number of aldehydes is 1. The summed E-state index contributed by atoms with van der Waals surface area (Å²) in [4.78, 5) is 78.5. The van der Waals surface area contributed by atoms with Gasteiger partial charge in [0.05, 0.1) is 86.3 Å². The van der Waals surface area contributed by atoms with Crippen LogP contribution in [0.4, 0.5) is 0 Å². The van der Waals surface area contributed by atoms with E-state index in [0.717, 1.165) is 159 Å². The summed E-state index contributed by atoms with van der Waals surface area (Å²) >= 11 is 0. The van der Waals surface area contributed by atoms with Crippen molar-refractivity contribution in [2.45, 2.75) is 43.4 Å². The number of aliphatic carboxylic acids is 1. The van der Waals surface area contributed by atoms with E-state index in [1.807, 2.05) is 146 Å². The van der Waals surface area contributed by atoms with Crippen molar-refractivity contribution in [2.75, 3.05) is 109 Å². The lowest BCUT2D eigenvalue weighted by Crippen LogP contribution is -2.45. The number of halogens is 2. The van der Waals surface area contributed by atoms with Gasteiger partial charge in [0.15, 0.2) is 0 Å². The van der Waals surface area contributed by atoms with Gasteiger partial charge in [0.25, 0.3) is 0 Å². The fourth-order valence-electron chi connectivity index (χ4n) is 12.0. The Morgan fingerprint density at radius 3 is 1.49 bits per heavy atom. The topological polar surface area (TPSA) is 343 Å². The molecule has 4 atom stereocenters. The van der Waals surface area contributed by atoms with Crippen LogP contribution in [-0.4, -0.2) is 202 Å². The summed E-state index contributed by atoms with van der Waals surface area (Å²) in [6.45, 7) is 8.04. The molecule has 109 heavy (non-hydrogen) atoms. The van der Waals surface area contributed by atoms with Gasteiger partial charge in [0, 0.05) is 145 Å². The van der Waals surface area contributed by atoms with E-state index in [4.69, 9.17) is 53.9 Å². The first-order chi connectivity index (χ1) is 52.7. The van der Waals surface area contributed by atoms with Crippen molar-refractivity contribution < 1.29 is 71.2 Å². The van der Waals surface area contributed by atoms with Crippen LogP contribution in [0.1, 0.15) is 54.8 Å². The molecule has 15 rings (SSSR count). The zero-order valence-electron chi connectivity index (χ0n) is 61.9. The zero-order valence-corrected chi connectivity index (χ0v) is 64.2. The summed E-state index contributed by atoms with van der Waals surface area (Å²) in [7, 11) is 20.6. The molecule has 0 saturated carbocycles. The second kappa shape index (κ2) is 42.9. The molecule has 2 saturated heterocycles. The fourth-order valence-corrected chi connectivity index (χ4v) is 12.0. The molecule has 0 amide bonds. The monoisotopic (exact) mass is 1550 g/mol. The Balaban J connectivity index is 0.000000166. The van der Waals surface area contributed by atoms with E-state index in [1.54, 1.807) is 51.7 Å². The second-order valence-corrected chi connectivity index (χ2v) is 27.5. The third-order valence-corrected chi connectivity index (χ3v) is 17.9. The highest BCUT2D eigenvalue weighted by molar-refractivity contribution is 8.26. The molecule has 1 unspecified atom stereocenters. The number of aromatic nitrogens is 5. The molecule has 28 heteroatoms. The van der Waals surface area contributed by atoms with Gasteiger partial charge in [-0.25, -0.2) is 14.0 Å². The molecular weight excluding hydrogens is 1460 g/mol. The number of carbonyl (C=O) groups excluding carboxylic acids is 4. The van der Waals surface area contributed by atoms with Crippen molar-refractivity contribution in [2.24, 2.45) is 11.5 Å². The van der Waals surface area contributed by atoms with Gasteiger partial charge < -0.3 is 84.2 Å². The number of hydrogen-bond donors (Lipinski definition) is 8. The zero-order chi connectivity index (χ0) is 78.4. The summed E-state index contributed by atoms with van der Waals surface area (Å²) in [6.07, 6.45) is 5.94. The first kappa shape index (κ1) is 84.1. The van der Waals surface area contributed by atoms with Crippen molar-refractivity contribution in [3.63, 3.8) is 0 Å². The Hall–Kier alpha value is -10.5. The smallest absolute Gasteiger partial charge is 0.356 e. The largest absolute Gasteiger partial charge is 0.497 e. The molecule has 5 aromatic heterocycles. The van der Waals surface area contributed by atoms with E-state index < -0.39 is 33.2 Å². The van der Waals surface area contributed by atoms with Gasteiger partial charge in [-0.05, 0) is 127 Å². The lowest BCUT2D eigenvalue weighted by atomic mass is 9.90. The van der Waals surface area contributed by atoms with Gasteiger partial charge >= 0.3 is 23.9 Å². The molecule has 25 nitrogen and oxygen atoms in total. The summed E-state index contributed by atoms with van der Waals surface area (Å²) in [5, 5.41) is 17.4. The van der Waals surface area contributed by atoms with E-state index in [1.165, 1.54) is 26.9 Å². The number of fused-ring (bicyclic) bond motifs is 8. The molecule has 0 bridgehead atoms. The highest BCUT2D eigenvalue weighted by Gasteiger charge is 2.34. The van der Waals surface area contributed by atoms with E-state index in [-0.39, 0.29) is 29.7 Å². The number of aromatic amines is 4. The first-order valence-electron chi connectivity index (χ1n) is 34.7. The maximum atomic E-state index is 12.2. The first-order valence-corrected chi connectivity index (χ1v) is 37.5. The van der Waals surface area contributed by atoms with Crippen LogP contribution in [0.2, 0.25) is 0 Å². The van der Waals surface area contributed by atoms with Crippen molar-refractivity contribution in [3.8, 4) is 28.5 Å². The minimum Gasteiger partial charge on any atom is -0.497 e. The Labute approximate surface area is 643 Å². The predicted octanol–water partition coefficient (Wildman–Crippen LogP) is 11.9. The lowest BCUT2D eigenvalue weighted by Gasteiger charge is -2.30. The number of nitrogens with one attached hydrogen (secondary N) is 5. The molecule has 10 N–H and O–H groups in total. The average molecular weight is 1550 g/mol. The number of carbonyl (C=O) groups is 5. The molecule has 7 aromatic carbocycles. The molecule has 8 heterocycles. The number of carboxylic acids is 1. The summed E-state index contributed by atoms with van der Waals surface area (Å²) in [5.74, 6) is 0.286. The van der Waals surface area contributed by atoms with Gasteiger partial charge in [-0.2, -0.15) is 0 Å². The number of likely N-dealkylation sites (N-methyl/N-ethyl adjacent to an activating group) is 2. The number of pyridine rings is 1. The van der Waals surface area contributed by atoms with Crippen LogP contribution >= 0.6 is 21.4 Å². The standard InChI is InChI=1S/C20H20N2O3.C20H16N2O3.C12H14N2O2.C11H12N2O2.C8H8O2.2C5H11NO.Cl2OS/c2*1-24-13-9-7-12(8-10-13)18-19-15(11-17(22-18)20(23)25-2)14-5-3-4-6-16(14)21-19;1-16-12(15)10(13)6-8-7-14-11-5-3-2-4-9(8)11;12-9(11(14)15)5-7-6-13-10-4-2-1-3-8(7)10;1-10-8-4-2-7(6-9)3-5-8;2*1-6-2-4-7-5-3-6;1-4(2)3/h3-10,17-18,21-22H,11H2,1-2H3;3-11,21H,1-2H3;2-5,7,10,14H,6,13H2,1H3;1-4,6,9,13H,5,12H2,(H,14,15);2-6H,1H3;2*2-5H2,1H3;/t17-,18?;;10-;9-;;;;/m0.00..../s1. The van der Waals surface area contributed by atoms with Crippen LogP contribution in [-0.2, 0) is 66.6 Å². The van der Waals surface area contributed by atoms with Crippen molar-refractivity contribution in [3.05, 3.63) is 228 Å². The van der Waals surface area contributed by atoms with Crippen molar-refractivity contribution >= 4 is 115 Å². The highest BCUT2D eigenvalue weighted by Crippen LogP contribution is 2.37. The molecule has 0 radical (unpaired) electrons. The summed E-state index contributed by atoms with van der Waals surface area (Å²) in [5.41, 5.74) is 24.1. The number of hydrogen-bond acceptors (Lipinski definition) is 20. The predicted molar refractivity (Wildman–Crippen MR) is 427 cm³/mol. The van der Waals surface area contributed by atoms with Crippen LogP contribution in [0.15, 0.2) is 188 Å². The number of morpholine rings is 2. The van der Waals surface area contributed by atoms with E-state index in [9.17, 15) is 24.0 Å². The SMILES string of the molecule is CN1CCOCC1.CN1CCOCC1.COC(=O)[C@@H](N)Cc1c[nH]c2ccccc12.COC(=O)[C@@H]1Cc2c([nH]c3ccccc23)C(c2ccc(OC)cc2)N1.COC(=O)c1cc2c([nH]c3ccccc32)c(-c2ccc(OC)cc2)n1.COc1ccc(C=O)cc1.N[C@@H](Cc1c[nH]c2ccccc12)C(=O)O.O=S(Cl)Cl. The number of nitrogens with zero attached hydrogens (tertiary/aromatic N) is 3. The van der Waals surface area contributed by atoms with Crippen LogP contribution < -0.4 is 31.0 Å². The molecule has 3 aliphatic heterocycles. The number of rotatable bonds is 14. The molecule has 2 fully saturated rings. The molecule has 0 spiro atoms. The van der Waals surface area contributed by atoms with E-state index >= 15 is 0 Å². The molecule has 0 aliphatic carbocycles. The van der Waals surface area contributed by atoms with Gasteiger partial charge in [-0.15, -0.1) is 0 Å². The number of methoxy groups -OCH3 is 6. The van der Waals surface area contributed by atoms with Gasteiger partial charge in [0.2, 0.25) is 9.23 Å². The van der Waals surface area contributed by atoms with Gasteiger partial charge in [0.1, 0.15) is 47.4 Å². The number of esters is 3. The fraction of sp³-hybridized carbons (Fsp3) is 0.284. The number of carboxylic acid groups (broad SMARTS) is 1. The van der Waals surface area contributed by atoms with Crippen LogP contribution in [0, 0.1) is 0 Å². The highest BCUT2D eigenvalue weighted by atomic mass is 36.0. The van der Waals surface area contributed by atoms with Crippen molar-refractivity contribution in [1.29, 1.82) is 0 Å². The Morgan fingerprint density at radius 2 is 1.04 bits per heavy atom. The summed E-state index contributed by atoms with van der Waals surface area (Å²) < 4.78 is 49.1. The van der Waals surface area contributed by atoms with Gasteiger partial charge in [-0.1, -0.05) is 84.9 Å².